The van der Waals surface area contributed by atoms with Gasteiger partial charge in [0.1, 0.15) is 5.82 Å². The van der Waals surface area contributed by atoms with Crippen molar-refractivity contribution < 1.29 is 14.5 Å². The maximum atomic E-state index is 11.8. The number of carbonyl (C=O) groups is 1. The van der Waals surface area contributed by atoms with Crippen LogP contribution in [0.1, 0.15) is 23.0 Å². The van der Waals surface area contributed by atoms with E-state index in [1.807, 2.05) is 25.1 Å². The Hall–Kier alpha value is -3.75. The summed E-state index contributed by atoms with van der Waals surface area (Å²) in [6.07, 6.45) is 1.54. The predicted molar refractivity (Wildman–Crippen MR) is 118 cm³/mol. The summed E-state index contributed by atoms with van der Waals surface area (Å²) in [4.78, 5) is 36.1. The number of pyridine rings is 2. The summed E-state index contributed by atoms with van der Waals surface area (Å²) in [7, 11) is 0. The van der Waals surface area contributed by atoms with Gasteiger partial charge in [0.05, 0.1) is 17.1 Å². The fraction of sp³-hybridized carbons (Fsp3) is 0.318. The minimum atomic E-state index is -0.387. The number of carbonyl (C=O) groups excluding carboxylic acids is 1. The fourth-order valence-electron chi connectivity index (χ4n) is 3.83. The molecule has 1 aliphatic rings. The number of fused-ring (bicyclic) bond motifs is 1. The van der Waals surface area contributed by atoms with E-state index in [-0.39, 0.29) is 16.6 Å². The molecule has 0 unspecified atom stereocenters. The number of hydrogen-bond acceptors (Lipinski definition) is 8. The molecule has 1 saturated heterocycles. The monoisotopic (exact) mass is 421 g/mol. The molecular weight excluding hydrogens is 398 g/mol. The Balaban J connectivity index is 1.53. The number of benzene rings is 1. The lowest BCUT2D eigenvalue weighted by Crippen LogP contribution is -2.47. The lowest BCUT2D eigenvalue weighted by atomic mass is 10.1. The van der Waals surface area contributed by atoms with Crippen molar-refractivity contribution in [3.8, 4) is 0 Å². The molecular formula is C22H23N5O4. The van der Waals surface area contributed by atoms with Crippen LogP contribution in [0.2, 0.25) is 0 Å². The number of nitro benzene ring substituents is 1. The Kier molecular flexibility index (Phi) is 5.66. The van der Waals surface area contributed by atoms with Crippen molar-refractivity contribution in [3.63, 3.8) is 0 Å². The molecule has 4 rings (SSSR count). The van der Waals surface area contributed by atoms with Crippen LogP contribution in [0.25, 0.3) is 10.9 Å². The lowest BCUT2D eigenvalue weighted by Gasteiger charge is -2.37. The number of nitro groups is 1. The molecule has 31 heavy (non-hydrogen) atoms. The van der Waals surface area contributed by atoms with Gasteiger partial charge in [-0.3, -0.25) is 10.1 Å². The molecule has 0 bridgehead atoms. The highest BCUT2D eigenvalue weighted by Crippen LogP contribution is 2.32. The van der Waals surface area contributed by atoms with Crippen molar-refractivity contribution in [3.05, 3.63) is 64.0 Å². The zero-order chi connectivity index (χ0) is 22.0. The van der Waals surface area contributed by atoms with E-state index < -0.39 is 0 Å². The summed E-state index contributed by atoms with van der Waals surface area (Å²) in [5.41, 5.74) is 2.57. The van der Waals surface area contributed by atoms with Crippen LogP contribution in [0.3, 0.4) is 0 Å². The van der Waals surface area contributed by atoms with Crippen LogP contribution in [0.15, 0.2) is 42.6 Å². The smallest absolute Gasteiger partial charge is 0.339 e. The van der Waals surface area contributed by atoms with Crippen LogP contribution in [0.4, 0.5) is 17.2 Å². The van der Waals surface area contributed by atoms with Crippen LogP contribution < -0.4 is 9.80 Å². The first kappa shape index (κ1) is 20.5. The zero-order valence-corrected chi connectivity index (χ0v) is 17.4. The van der Waals surface area contributed by atoms with Gasteiger partial charge in [-0.2, -0.15) is 0 Å². The third-order valence-corrected chi connectivity index (χ3v) is 5.32. The summed E-state index contributed by atoms with van der Waals surface area (Å²) >= 11 is 0. The number of piperazine rings is 1. The first-order valence-electron chi connectivity index (χ1n) is 10.2. The number of anilines is 2. The van der Waals surface area contributed by atoms with Gasteiger partial charge in [0.25, 0.3) is 5.69 Å². The zero-order valence-electron chi connectivity index (χ0n) is 17.4. The summed E-state index contributed by atoms with van der Waals surface area (Å²) in [5.74, 6) is 0.430. The van der Waals surface area contributed by atoms with E-state index >= 15 is 0 Å². The van der Waals surface area contributed by atoms with Gasteiger partial charge in [0.15, 0.2) is 5.52 Å². The van der Waals surface area contributed by atoms with Crippen LogP contribution in [0, 0.1) is 17.0 Å². The summed E-state index contributed by atoms with van der Waals surface area (Å²) in [6.45, 7) is 6.91. The number of aryl methyl sites for hydroxylation is 1. The number of para-hydroxylation sites is 1. The van der Waals surface area contributed by atoms with Crippen molar-refractivity contribution in [1.82, 2.24) is 9.97 Å². The third-order valence-electron chi connectivity index (χ3n) is 5.32. The van der Waals surface area contributed by atoms with Crippen molar-refractivity contribution in [2.75, 3.05) is 42.6 Å². The molecule has 0 aliphatic carbocycles. The van der Waals surface area contributed by atoms with Crippen LogP contribution >= 0.6 is 0 Å². The fourth-order valence-corrected chi connectivity index (χ4v) is 3.83. The molecule has 1 aliphatic heterocycles. The Bertz CT molecular complexity index is 1120. The average Bonchev–Trinajstić information content (AvgIpc) is 2.78. The van der Waals surface area contributed by atoms with Crippen molar-refractivity contribution in [1.29, 1.82) is 0 Å². The standard InChI is InChI=1S/C22H23N5O4/c1-3-31-22(28)16-7-8-20(23-14-16)26-11-9-25(10-12-26)19-13-15(2)24-21-17(19)5-4-6-18(21)27(29)30/h4-8,13-14H,3,9-12H2,1-2H3. The SMILES string of the molecule is CCOC(=O)c1ccc(N2CCN(c3cc(C)nc4c([N+](=O)[O-])cccc34)CC2)nc1. The van der Waals surface area contributed by atoms with Crippen LogP contribution in [-0.4, -0.2) is 53.6 Å². The summed E-state index contributed by atoms with van der Waals surface area (Å²) in [6, 6.07) is 10.6. The maximum Gasteiger partial charge on any atom is 0.339 e. The highest BCUT2D eigenvalue weighted by molar-refractivity contribution is 5.97. The van der Waals surface area contributed by atoms with E-state index in [9.17, 15) is 14.9 Å². The van der Waals surface area contributed by atoms with E-state index in [4.69, 9.17) is 4.74 Å². The van der Waals surface area contributed by atoms with E-state index in [0.29, 0.717) is 17.7 Å². The normalized spacial score (nSPS) is 14.0. The molecule has 0 N–H and O–H groups in total. The molecule has 3 aromatic rings. The first-order valence-corrected chi connectivity index (χ1v) is 10.2. The predicted octanol–water partition coefficient (Wildman–Crippen LogP) is 3.35. The van der Waals surface area contributed by atoms with Crippen LogP contribution in [-0.2, 0) is 4.74 Å². The molecule has 0 radical (unpaired) electrons. The topological polar surface area (TPSA) is 102 Å². The van der Waals surface area contributed by atoms with Crippen molar-refractivity contribution >= 4 is 34.1 Å². The van der Waals surface area contributed by atoms with Gasteiger partial charge in [0.2, 0.25) is 0 Å². The highest BCUT2D eigenvalue weighted by atomic mass is 16.6. The summed E-state index contributed by atoms with van der Waals surface area (Å²) in [5, 5.41) is 12.2. The van der Waals surface area contributed by atoms with Gasteiger partial charge in [0, 0.05) is 55.2 Å². The van der Waals surface area contributed by atoms with Gasteiger partial charge in [-0.05, 0) is 32.0 Å². The van der Waals surface area contributed by atoms with E-state index in [2.05, 4.69) is 19.8 Å². The van der Waals surface area contributed by atoms with E-state index in [0.717, 1.165) is 48.8 Å². The van der Waals surface area contributed by atoms with Gasteiger partial charge in [-0.25, -0.2) is 14.8 Å². The largest absolute Gasteiger partial charge is 0.462 e. The molecule has 0 saturated carbocycles. The van der Waals surface area contributed by atoms with Gasteiger partial charge >= 0.3 is 5.97 Å². The molecule has 2 aromatic heterocycles. The molecule has 0 amide bonds. The van der Waals surface area contributed by atoms with Crippen molar-refractivity contribution in [2.45, 2.75) is 13.8 Å². The van der Waals surface area contributed by atoms with Gasteiger partial charge in [-0.15, -0.1) is 0 Å². The minimum absolute atomic E-state index is 0.0203. The molecule has 9 nitrogen and oxygen atoms in total. The number of esters is 1. The van der Waals surface area contributed by atoms with E-state index in [1.54, 1.807) is 25.3 Å². The van der Waals surface area contributed by atoms with Gasteiger partial charge in [-0.1, -0.05) is 12.1 Å². The van der Waals surface area contributed by atoms with Crippen molar-refractivity contribution in [2.24, 2.45) is 0 Å². The second-order valence-corrected chi connectivity index (χ2v) is 7.31. The van der Waals surface area contributed by atoms with Crippen LogP contribution in [0.5, 0.6) is 0 Å². The first-order chi connectivity index (χ1) is 15.0. The number of hydrogen-bond donors (Lipinski definition) is 0. The molecule has 0 spiro atoms. The minimum Gasteiger partial charge on any atom is -0.462 e. The third kappa shape index (κ3) is 4.11. The Labute approximate surface area is 179 Å². The second kappa shape index (κ2) is 8.55. The summed E-state index contributed by atoms with van der Waals surface area (Å²) < 4.78 is 5.00. The number of nitrogens with zero attached hydrogens (tertiary/aromatic N) is 5. The Morgan fingerprint density at radius 1 is 1.16 bits per heavy atom. The molecule has 1 aromatic carbocycles. The molecule has 0 atom stereocenters. The quantitative estimate of drug-likeness (QED) is 0.351. The number of rotatable bonds is 5. The van der Waals surface area contributed by atoms with Gasteiger partial charge < -0.3 is 14.5 Å². The number of non-ortho nitro benzene ring substituents is 1. The Morgan fingerprint density at radius 2 is 1.90 bits per heavy atom. The Morgan fingerprint density at radius 3 is 2.55 bits per heavy atom. The maximum absolute atomic E-state index is 11.8. The average molecular weight is 421 g/mol. The lowest BCUT2D eigenvalue weighted by molar-refractivity contribution is -0.383. The molecule has 9 heteroatoms. The van der Waals surface area contributed by atoms with E-state index in [1.165, 1.54) is 6.07 Å². The number of aromatic nitrogens is 2. The number of ether oxygens (including phenoxy) is 1. The second-order valence-electron chi connectivity index (χ2n) is 7.31. The molecule has 1 fully saturated rings. The molecule has 3 heterocycles. The highest BCUT2D eigenvalue weighted by Gasteiger charge is 2.23. The molecule has 160 valence electrons.